The summed E-state index contributed by atoms with van der Waals surface area (Å²) in [5.41, 5.74) is 0.830. The van der Waals surface area contributed by atoms with Gasteiger partial charge in [0.15, 0.2) is 4.67 Å². The van der Waals surface area contributed by atoms with Gasteiger partial charge in [-0.25, -0.2) is 0 Å². The fourth-order valence-electron chi connectivity index (χ4n) is 1.11. The van der Waals surface area contributed by atoms with E-state index in [1.54, 1.807) is 12.1 Å². The summed E-state index contributed by atoms with van der Waals surface area (Å²) in [7, 11) is 0. The molecule has 0 fully saturated rings. The highest BCUT2D eigenvalue weighted by Crippen LogP contribution is 2.32. The van der Waals surface area contributed by atoms with E-state index in [2.05, 4.69) is 31.9 Å². The van der Waals surface area contributed by atoms with E-state index in [1.807, 2.05) is 10.8 Å². The van der Waals surface area contributed by atoms with Crippen LogP contribution < -0.4 is 0 Å². The molecule has 0 saturated carbocycles. The summed E-state index contributed by atoms with van der Waals surface area (Å²) in [5, 5.41) is 13.8. The van der Waals surface area contributed by atoms with Gasteiger partial charge in [-0.3, -0.25) is 0 Å². The van der Waals surface area contributed by atoms with Gasteiger partial charge >= 0.3 is 0 Å². The van der Waals surface area contributed by atoms with Crippen LogP contribution in [-0.4, -0.2) is 5.11 Å². The number of thiophene rings is 1. The van der Waals surface area contributed by atoms with Gasteiger partial charge < -0.3 is 9.52 Å². The molecule has 0 saturated heterocycles. The Morgan fingerprint density at radius 3 is 2.57 bits per heavy atom. The molecule has 2 aromatic rings. The number of hydrogen-bond acceptors (Lipinski definition) is 3. The first-order valence-electron chi connectivity index (χ1n) is 3.83. The zero-order valence-corrected chi connectivity index (χ0v) is 10.9. The lowest BCUT2D eigenvalue weighted by Crippen LogP contribution is -1.96. The summed E-state index contributed by atoms with van der Waals surface area (Å²) in [6.45, 7) is 0. The third-order valence-electron chi connectivity index (χ3n) is 1.80. The maximum atomic E-state index is 9.94. The van der Waals surface area contributed by atoms with Gasteiger partial charge in [-0.2, -0.15) is 11.3 Å². The monoisotopic (exact) mass is 336 g/mol. The fourth-order valence-corrected chi connectivity index (χ4v) is 2.97. The summed E-state index contributed by atoms with van der Waals surface area (Å²) >= 11 is 8.10. The van der Waals surface area contributed by atoms with Crippen molar-refractivity contribution in [1.29, 1.82) is 0 Å². The van der Waals surface area contributed by atoms with Crippen molar-refractivity contribution in [3.05, 3.63) is 43.4 Å². The number of halogens is 2. The molecule has 0 radical (unpaired) electrons. The van der Waals surface area contributed by atoms with Crippen LogP contribution in [0.4, 0.5) is 0 Å². The molecule has 1 atom stereocenters. The van der Waals surface area contributed by atoms with E-state index in [1.165, 1.54) is 11.3 Å². The van der Waals surface area contributed by atoms with Gasteiger partial charge in [-0.1, -0.05) is 0 Å². The standard InChI is InChI=1S/C9H6Br2O2S/c10-6-4-14-3-5(6)9(12)7-1-2-8(11)13-7/h1-4,9,12H. The second-order valence-corrected chi connectivity index (χ2v) is 5.10. The zero-order valence-electron chi connectivity index (χ0n) is 6.91. The molecule has 2 rings (SSSR count). The summed E-state index contributed by atoms with van der Waals surface area (Å²) in [6, 6.07) is 3.51. The minimum atomic E-state index is -0.707. The molecule has 14 heavy (non-hydrogen) atoms. The second kappa shape index (κ2) is 4.18. The highest BCUT2D eigenvalue weighted by atomic mass is 79.9. The van der Waals surface area contributed by atoms with Crippen molar-refractivity contribution in [2.45, 2.75) is 6.10 Å². The van der Waals surface area contributed by atoms with Gasteiger partial charge in [-0.15, -0.1) is 0 Å². The minimum absolute atomic E-state index is 0.538. The number of aliphatic hydroxyl groups is 1. The van der Waals surface area contributed by atoms with E-state index in [0.717, 1.165) is 10.0 Å². The Bertz CT molecular complexity index is 435. The smallest absolute Gasteiger partial charge is 0.169 e. The van der Waals surface area contributed by atoms with Crippen LogP contribution in [0.3, 0.4) is 0 Å². The number of rotatable bonds is 2. The Balaban J connectivity index is 2.33. The average molecular weight is 338 g/mol. The second-order valence-electron chi connectivity index (χ2n) is 2.72. The molecule has 0 aromatic carbocycles. The lowest BCUT2D eigenvalue weighted by molar-refractivity contribution is 0.187. The van der Waals surface area contributed by atoms with Crippen LogP contribution in [-0.2, 0) is 0 Å². The molecule has 5 heteroatoms. The quantitative estimate of drug-likeness (QED) is 0.900. The van der Waals surface area contributed by atoms with Gasteiger partial charge in [-0.05, 0) is 49.4 Å². The molecule has 0 aliphatic heterocycles. The lowest BCUT2D eigenvalue weighted by Gasteiger charge is -2.05. The van der Waals surface area contributed by atoms with Crippen LogP contribution in [0.5, 0.6) is 0 Å². The molecule has 0 aliphatic rings. The van der Waals surface area contributed by atoms with E-state index in [0.29, 0.717) is 10.4 Å². The summed E-state index contributed by atoms with van der Waals surface area (Å²) in [5.74, 6) is 0.538. The Labute approximate surface area is 102 Å². The average Bonchev–Trinajstić information content (AvgIpc) is 2.73. The van der Waals surface area contributed by atoms with Crippen molar-refractivity contribution in [3.63, 3.8) is 0 Å². The third kappa shape index (κ3) is 1.95. The van der Waals surface area contributed by atoms with E-state index in [-0.39, 0.29) is 0 Å². The maximum absolute atomic E-state index is 9.94. The van der Waals surface area contributed by atoms with Crippen LogP contribution in [0.25, 0.3) is 0 Å². The van der Waals surface area contributed by atoms with Crippen molar-refractivity contribution in [3.8, 4) is 0 Å². The minimum Gasteiger partial charge on any atom is -0.451 e. The van der Waals surface area contributed by atoms with Crippen LogP contribution in [0.1, 0.15) is 17.4 Å². The Kier molecular flexibility index (Phi) is 3.11. The van der Waals surface area contributed by atoms with Gasteiger partial charge in [0, 0.05) is 15.4 Å². The highest BCUT2D eigenvalue weighted by molar-refractivity contribution is 9.10. The molecular weight excluding hydrogens is 332 g/mol. The molecule has 74 valence electrons. The summed E-state index contributed by atoms with van der Waals surface area (Å²) in [6.07, 6.45) is -0.707. The first-order chi connectivity index (χ1) is 6.68. The SMILES string of the molecule is OC(c1ccc(Br)o1)c1cscc1Br. The van der Waals surface area contributed by atoms with Gasteiger partial charge in [0.1, 0.15) is 11.9 Å². The zero-order chi connectivity index (χ0) is 10.1. The molecular formula is C9H6Br2O2S. The predicted octanol–water partition coefficient (Wildman–Crippen LogP) is 3.95. The van der Waals surface area contributed by atoms with Crippen molar-refractivity contribution >= 4 is 43.2 Å². The molecule has 1 unspecified atom stereocenters. The van der Waals surface area contributed by atoms with Crippen molar-refractivity contribution in [2.24, 2.45) is 0 Å². The van der Waals surface area contributed by atoms with Crippen molar-refractivity contribution < 1.29 is 9.52 Å². The largest absolute Gasteiger partial charge is 0.451 e. The van der Waals surface area contributed by atoms with E-state index >= 15 is 0 Å². The first-order valence-corrected chi connectivity index (χ1v) is 6.36. The fraction of sp³-hybridized carbons (Fsp3) is 0.111. The van der Waals surface area contributed by atoms with Crippen LogP contribution in [0.2, 0.25) is 0 Å². The van der Waals surface area contributed by atoms with Crippen LogP contribution in [0.15, 0.2) is 36.5 Å². The molecule has 1 N–H and O–H groups in total. The number of hydrogen-bond donors (Lipinski definition) is 1. The lowest BCUT2D eigenvalue weighted by atomic mass is 10.1. The molecule has 2 nitrogen and oxygen atoms in total. The van der Waals surface area contributed by atoms with Gasteiger partial charge in [0.25, 0.3) is 0 Å². The first kappa shape index (κ1) is 10.4. The van der Waals surface area contributed by atoms with E-state index in [9.17, 15) is 5.11 Å². The van der Waals surface area contributed by atoms with Crippen molar-refractivity contribution in [1.82, 2.24) is 0 Å². The maximum Gasteiger partial charge on any atom is 0.169 e. The third-order valence-corrected chi connectivity index (χ3v) is 3.98. The Morgan fingerprint density at radius 2 is 2.07 bits per heavy atom. The van der Waals surface area contributed by atoms with Crippen LogP contribution >= 0.6 is 43.2 Å². The summed E-state index contributed by atoms with van der Waals surface area (Å²) in [4.78, 5) is 0. The van der Waals surface area contributed by atoms with Crippen molar-refractivity contribution in [2.75, 3.05) is 0 Å². The summed E-state index contributed by atoms with van der Waals surface area (Å²) < 4.78 is 6.80. The molecule has 0 aliphatic carbocycles. The molecule has 0 spiro atoms. The number of aliphatic hydroxyl groups excluding tert-OH is 1. The molecule has 0 bridgehead atoms. The van der Waals surface area contributed by atoms with Crippen LogP contribution in [0, 0.1) is 0 Å². The highest BCUT2D eigenvalue weighted by Gasteiger charge is 2.17. The topological polar surface area (TPSA) is 33.4 Å². The Morgan fingerprint density at radius 1 is 1.29 bits per heavy atom. The molecule has 2 aromatic heterocycles. The number of furan rings is 1. The Hall–Kier alpha value is -0.100. The molecule has 2 heterocycles. The van der Waals surface area contributed by atoms with E-state index in [4.69, 9.17) is 4.42 Å². The normalized spacial score (nSPS) is 13.1. The molecule has 0 amide bonds. The predicted molar refractivity (Wildman–Crippen MR) is 62.5 cm³/mol. The van der Waals surface area contributed by atoms with E-state index < -0.39 is 6.10 Å². The van der Waals surface area contributed by atoms with Gasteiger partial charge in [0.05, 0.1) is 0 Å². The van der Waals surface area contributed by atoms with Gasteiger partial charge in [0.2, 0.25) is 0 Å².